The van der Waals surface area contributed by atoms with Crippen LogP contribution >= 0.6 is 0 Å². The van der Waals surface area contributed by atoms with Gasteiger partial charge in [-0.3, -0.25) is 0 Å². The average Bonchev–Trinajstić information content (AvgIpc) is 2.45. The lowest BCUT2D eigenvalue weighted by molar-refractivity contribution is 1.01. The maximum atomic E-state index is 5.72. The van der Waals surface area contributed by atoms with Crippen LogP contribution in [-0.2, 0) is 6.42 Å². The number of hydrogen-bond acceptors (Lipinski definition) is 2. The lowest BCUT2D eigenvalue weighted by Gasteiger charge is -1.99. The molecule has 3 nitrogen and oxygen atoms in total. The highest BCUT2D eigenvalue weighted by atomic mass is 14.9. The maximum absolute atomic E-state index is 5.72. The molecule has 0 aliphatic heterocycles. The van der Waals surface area contributed by atoms with Crippen molar-refractivity contribution in [1.82, 2.24) is 9.97 Å². The summed E-state index contributed by atoms with van der Waals surface area (Å²) in [5.74, 6) is 0.996. The molecule has 3 N–H and O–H groups in total. The highest BCUT2D eigenvalue weighted by Crippen LogP contribution is 2.12. The van der Waals surface area contributed by atoms with Gasteiger partial charge < -0.3 is 10.7 Å². The lowest BCUT2D eigenvalue weighted by Crippen LogP contribution is -1.92. The molecule has 1 aromatic heterocycles. The summed E-state index contributed by atoms with van der Waals surface area (Å²) < 4.78 is 0. The van der Waals surface area contributed by atoms with Crippen LogP contribution in [-0.4, -0.2) is 9.97 Å². The summed E-state index contributed by atoms with van der Waals surface area (Å²) in [6.07, 6.45) is 0.805. The summed E-state index contributed by atoms with van der Waals surface area (Å²) in [6.45, 7) is 4.04. The summed E-state index contributed by atoms with van der Waals surface area (Å²) in [5, 5.41) is 0. The van der Waals surface area contributed by atoms with E-state index in [9.17, 15) is 0 Å². The van der Waals surface area contributed by atoms with Gasteiger partial charge in [-0.1, -0.05) is 12.1 Å². The number of benzene rings is 1. The Balaban J connectivity index is 2.22. The minimum Gasteiger partial charge on any atom is -0.399 e. The van der Waals surface area contributed by atoms with E-state index in [1.807, 2.05) is 32.0 Å². The first-order chi connectivity index (χ1) is 7.15. The van der Waals surface area contributed by atoms with Gasteiger partial charge in [-0.2, -0.15) is 0 Å². The third-order valence-electron chi connectivity index (χ3n) is 2.50. The molecule has 2 rings (SSSR count). The van der Waals surface area contributed by atoms with Gasteiger partial charge >= 0.3 is 0 Å². The Kier molecular flexibility index (Phi) is 2.46. The number of aromatic amines is 1. The molecule has 0 aliphatic carbocycles. The summed E-state index contributed by atoms with van der Waals surface area (Å²) in [7, 11) is 0. The zero-order chi connectivity index (χ0) is 10.8. The minimum atomic E-state index is 0.799. The fourth-order valence-electron chi connectivity index (χ4n) is 1.60. The zero-order valence-corrected chi connectivity index (χ0v) is 9.04. The molecule has 0 saturated carbocycles. The second kappa shape index (κ2) is 3.77. The third kappa shape index (κ3) is 2.18. The number of hydrogen-bond donors (Lipinski definition) is 2. The van der Waals surface area contributed by atoms with Crippen LogP contribution in [0.1, 0.15) is 22.8 Å². The number of imidazole rings is 1. The van der Waals surface area contributed by atoms with Crippen molar-refractivity contribution in [2.45, 2.75) is 20.3 Å². The molecule has 2 aromatic rings. The van der Waals surface area contributed by atoms with Gasteiger partial charge in [0.1, 0.15) is 5.82 Å². The smallest absolute Gasteiger partial charge is 0.110 e. The molecular weight excluding hydrogens is 186 g/mol. The number of nitrogens with zero attached hydrogens (tertiary/aromatic N) is 1. The fourth-order valence-corrected chi connectivity index (χ4v) is 1.60. The molecule has 15 heavy (non-hydrogen) atoms. The molecule has 1 heterocycles. The molecule has 1 aromatic carbocycles. The summed E-state index contributed by atoms with van der Waals surface area (Å²) in [4.78, 5) is 7.70. The number of nitrogens with one attached hydrogen (secondary N) is 1. The van der Waals surface area contributed by atoms with Gasteiger partial charge in [-0.15, -0.1) is 0 Å². The van der Waals surface area contributed by atoms with E-state index >= 15 is 0 Å². The van der Waals surface area contributed by atoms with E-state index in [1.54, 1.807) is 0 Å². The number of aromatic nitrogens is 2. The van der Waals surface area contributed by atoms with E-state index in [0.29, 0.717) is 0 Å². The predicted octanol–water partition coefficient (Wildman–Crippen LogP) is 2.20. The van der Waals surface area contributed by atoms with Crippen LogP contribution in [0.15, 0.2) is 24.3 Å². The van der Waals surface area contributed by atoms with Crippen LogP contribution in [0, 0.1) is 13.8 Å². The van der Waals surface area contributed by atoms with Gasteiger partial charge in [-0.05, 0) is 31.5 Å². The van der Waals surface area contributed by atoms with Crippen molar-refractivity contribution in [3.8, 4) is 0 Å². The molecule has 0 aliphatic rings. The molecule has 3 heteroatoms. The number of rotatable bonds is 2. The zero-order valence-electron chi connectivity index (χ0n) is 9.04. The molecular formula is C12H15N3. The summed E-state index contributed by atoms with van der Waals surface area (Å²) >= 11 is 0. The van der Waals surface area contributed by atoms with E-state index < -0.39 is 0 Å². The van der Waals surface area contributed by atoms with Gasteiger partial charge in [0.05, 0.1) is 5.69 Å². The molecule has 0 atom stereocenters. The van der Waals surface area contributed by atoms with E-state index in [1.165, 1.54) is 5.56 Å². The SMILES string of the molecule is Cc1nc(Cc2cccc(N)c2)[nH]c1C. The first kappa shape index (κ1) is 9.77. The number of nitrogen functional groups attached to an aromatic ring is 1. The van der Waals surface area contributed by atoms with Crippen LogP contribution in [0.2, 0.25) is 0 Å². The number of anilines is 1. The second-order valence-electron chi connectivity index (χ2n) is 3.82. The van der Waals surface area contributed by atoms with Crippen LogP contribution in [0.25, 0.3) is 0 Å². The molecule has 78 valence electrons. The number of nitrogens with two attached hydrogens (primary N) is 1. The van der Waals surface area contributed by atoms with Crippen LogP contribution in [0.5, 0.6) is 0 Å². The Morgan fingerprint density at radius 2 is 2.13 bits per heavy atom. The Hall–Kier alpha value is -1.77. The van der Waals surface area contributed by atoms with Crippen LogP contribution in [0.3, 0.4) is 0 Å². The third-order valence-corrected chi connectivity index (χ3v) is 2.50. The van der Waals surface area contributed by atoms with Crippen LogP contribution in [0.4, 0.5) is 5.69 Å². The summed E-state index contributed by atoms with van der Waals surface area (Å²) in [6, 6.07) is 7.90. The Morgan fingerprint density at radius 1 is 1.33 bits per heavy atom. The molecule has 0 saturated heterocycles. The Labute approximate surface area is 89.4 Å². The average molecular weight is 201 g/mol. The highest BCUT2D eigenvalue weighted by Gasteiger charge is 2.03. The highest BCUT2D eigenvalue weighted by molar-refractivity contribution is 5.41. The van der Waals surface area contributed by atoms with E-state index in [4.69, 9.17) is 5.73 Å². The van der Waals surface area contributed by atoms with Crippen LogP contribution < -0.4 is 5.73 Å². The van der Waals surface area contributed by atoms with Gasteiger partial charge in [0.15, 0.2) is 0 Å². The van der Waals surface area contributed by atoms with E-state index in [2.05, 4.69) is 16.0 Å². The molecule has 0 amide bonds. The normalized spacial score (nSPS) is 10.5. The van der Waals surface area contributed by atoms with Crippen molar-refractivity contribution in [1.29, 1.82) is 0 Å². The van der Waals surface area contributed by atoms with Gasteiger partial charge in [-0.25, -0.2) is 4.98 Å². The Bertz CT molecular complexity index is 452. The number of H-pyrrole nitrogens is 1. The van der Waals surface area contributed by atoms with Gasteiger partial charge in [0, 0.05) is 17.8 Å². The molecule has 0 fully saturated rings. The van der Waals surface area contributed by atoms with Crippen molar-refractivity contribution in [3.05, 3.63) is 47.0 Å². The van der Waals surface area contributed by atoms with Crippen molar-refractivity contribution in [3.63, 3.8) is 0 Å². The molecule has 0 radical (unpaired) electrons. The van der Waals surface area contributed by atoms with Crippen molar-refractivity contribution >= 4 is 5.69 Å². The standard InChI is InChI=1S/C12H15N3/c1-8-9(2)15-12(14-8)7-10-4-3-5-11(13)6-10/h3-6H,7,13H2,1-2H3,(H,14,15). The number of aryl methyl sites for hydroxylation is 2. The molecule has 0 spiro atoms. The van der Waals surface area contributed by atoms with Crippen molar-refractivity contribution in [2.24, 2.45) is 0 Å². The monoisotopic (exact) mass is 201 g/mol. The van der Waals surface area contributed by atoms with Crippen molar-refractivity contribution in [2.75, 3.05) is 5.73 Å². The largest absolute Gasteiger partial charge is 0.399 e. The predicted molar refractivity (Wildman–Crippen MR) is 61.7 cm³/mol. The van der Waals surface area contributed by atoms with E-state index in [-0.39, 0.29) is 0 Å². The Morgan fingerprint density at radius 3 is 2.73 bits per heavy atom. The maximum Gasteiger partial charge on any atom is 0.110 e. The van der Waals surface area contributed by atoms with Crippen molar-refractivity contribution < 1.29 is 0 Å². The fraction of sp³-hybridized carbons (Fsp3) is 0.250. The first-order valence-corrected chi connectivity index (χ1v) is 5.01. The second-order valence-corrected chi connectivity index (χ2v) is 3.82. The quantitative estimate of drug-likeness (QED) is 0.732. The van der Waals surface area contributed by atoms with E-state index in [0.717, 1.165) is 29.3 Å². The molecule has 0 bridgehead atoms. The van der Waals surface area contributed by atoms with Gasteiger partial charge in [0.2, 0.25) is 0 Å². The lowest BCUT2D eigenvalue weighted by atomic mass is 10.1. The topological polar surface area (TPSA) is 54.7 Å². The minimum absolute atomic E-state index is 0.799. The molecule has 0 unspecified atom stereocenters. The summed E-state index contributed by atoms with van der Waals surface area (Å²) in [5.41, 5.74) is 9.90. The first-order valence-electron chi connectivity index (χ1n) is 5.01. The van der Waals surface area contributed by atoms with Gasteiger partial charge in [0.25, 0.3) is 0 Å².